The number of hydroxylamine groups is 2. The molecule has 6 nitrogen and oxygen atoms in total. The first-order chi connectivity index (χ1) is 11.5. The van der Waals surface area contributed by atoms with Gasteiger partial charge in [0.25, 0.3) is 5.91 Å². The van der Waals surface area contributed by atoms with E-state index in [9.17, 15) is 9.18 Å². The molecule has 0 saturated heterocycles. The lowest BCUT2D eigenvalue weighted by Crippen LogP contribution is -2.15. The molecular formula is C17H16FN3O3. The Morgan fingerprint density at radius 1 is 1.33 bits per heavy atom. The lowest BCUT2D eigenvalue weighted by molar-refractivity contribution is -0.116. The minimum atomic E-state index is -0.764. The number of nitrogens with two attached hydrogens (primary N) is 1. The van der Waals surface area contributed by atoms with Crippen LogP contribution in [0.15, 0.2) is 40.8 Å². The minimum absolute atomic E-state index is 0.0258. The molecule has 0 spiro atoms. The Morgan fingerprint density at radius 2 is 2.04 bits per heavy atom. The van der Waals surface area contributed by atoms with Gasteiger partial charge in [-0.25, -0.2) is 9.37 Å². The summed E-state index contributed by atoms with van der Waals surface area (Å²) in [7, 11) is 3.43. The highest BCUT2D eigenvalue weighted by Crippen LogP contribution is 2.27. The number of benzene rings is 2. The molecule has 0 saturated carbocycles. The molecule has 0 unspecified atom stereocenters. The van der Waals surface area contributed by atoms with Crippen molar-refractivity contribution in [3.05, 3.63) is 53.3 Å². The summed E-state index contributed by atoms with van der Waals surface area (Å²) >= 11 is 0. The molecule has 0 radical (unpaired) electrons. The number of rotatable bonds is 5. The molecule has 0 aliphatic rings. The summed E-state index contributed by atoms with van der Waals surface area (Å²) in [5.74, 6) is -1.06. The number of carbonyl (C=O) groups excluding carboxylic acids is 1. The number of oxazole rings is 1. The summed E-state index contributed by atoms with van der Waals surface area (Å²) in [6.07, 6.45) is 0. The molecule has 0 atom stereocenters. The second-order valence-corrected chi connectivity index (χ2v) is 5.35. The molecule has 1 amide bonds. The van der Waals surface area contributed by atoms with Crippen molar-refractivity contribution in [2.75, 3.05) is 14.2 Å². The zero-order valence-electron chi connectivity index (χ0n) is 13.2. The number of primary amides is 1. The van der Waals surface area contributed by atoms with E-state index in [1.807, 2.05) is 31.3 Å². The number of hydrogen-bond acceptors (Lipinski definition) is 5. The van der Waals surface area contributed by atoms with Crippen LogP contribution >= 0.6 is 0 Å². The average Bonchev–Trinajstić information content (AvgIpc) is 2.98. The van der Waals surface area contributed by atoms with E-state index in [2.05, 4.69) is 4.98 Å². The Bertz CT molecular complexity index is 890. The fraction of sp³-hybridized carbons (Fsp3) is 0.176. The summed E-state index contributed by atoms with van der Waals surface area (Å²) < 4.78 is 19.2. The van der Waals surface area contributed by atoms with Crippen LogP contribution < -0.4 is 5.73 Å². The van der Waals surface area contributed by atoms with Gasteiger partial charge in [0.05, 0.1) is 12.7 Å². The van der Waals surface area contributed by atoms with Crippen molar-refractivity contribution in [3.63, 3.8) is 0 Å². The van der Waals surface area contributed by atoms with Gasteiger partial charge in [-0.05, 0) is 23.8 Å². The molecule has 0 aliphatic heterocycles. The normalized spacial score (nSPS) is 11.3. The number of aromatic nitrogens is 1. The van der Waals surface area contributed by atoms with Crippen LogP contribution in [0.3, 0.4) is 0 Å². The van der Waals surface area contributed by atoms with Gasteiger partial charge in [-0.3, -0.25) is 4.79 Å². The Hall–Kier alpha value is -2.77. The van der Waals surface area contributed by atoms with Gasteiger partial charge in [0.2, 0.25) is 5.89 Å². The first-order valence-corrected chi connectivity index (χ1v) is 7.22. The molecule has 7 heteroatoms. The quantitative estimate of drug-likeness (QED) is 0.728. The minimum Gasteiger partial charge on any atom is -0.435 e. The number of carbonyl (C=O) groups is 1. The Balaban J connectivity index is 1.98. The van der Waals surface area contributed by atoms with Crippen LogP contribution in [0, 0.1) is 5.82 Å². The third-order valence-electron chi connectivity index (χ3n) is 3.64. The zero-order valence-corrected chi connectivity index (χ0v) is 13.2. The van der Waals surface area contributed by atoms with Gasteiger partial charge in [0, 0.05) is 25.2 Å². The number of hydrogen-bond donors (Lipinski definition) is 1. The number of amides is 1. The van der Waals surface area contributed by atoms with Crippen LogP contribution in [-0.2, 0) is 11.4 Å². The molecular weight excluding hydrogens is 313 g/mol. The summed E-state index contributed by atoms with van der Waals surface area (Å²) in [6, 6.07) is 9.75. The third-order valence-corrected chi connectivity index (χ3v) is 3.64. The van der Waals surface area contributed by atoms with Crippen LogP contribution in [0.5, 0.6) is 0 Å². The zero-order chi connectivity index (χ0) is 17.3. The van der Waals surface area contributed by atoms with Crippen molar-refractivity contribution in [2.45, 2.75) is 6.54 Å². The number of halogens is 1. The van der Waals surface area contributed by atoms with Gasteiger partial charge in [-0.2, -0.15) is 5.06 Å². The maximum absolute atomic E-state index is 13.6. The molecule has 2 N–H and O–H groups in total. The van der Waals surface area contributed by atoms with Crippen molar-refractivity contribution in [1.82, 2.24) is 10.0 Å². The summed E-state index contributed by atoms with van der Waals surface area (Å²) in [5, 5.41) is 1.69. The number of fused-ring (bicyclic) bond motifs is 1. The molecule has 1 aromatic heterocycles. The van der Waals surface area contributed by atoms with E-state index in [-0.39, 0.29) is 16.7 Å². The summed E-state index contributed by atoms with van der Waals surface area (Å²) in [6.45, 7) is 0.626. The van der Waals surface area contributed by atoms with Gasteiger partial charge in [0.1, 0.15) is 11.3 Å². The van der Waals surface area contributed by atoms with E-state index in [1.54, 1.807) is 12.2 Å². The monoisotopic (exact) mass is 329 g/mol. The predicted octanol–water partition coefficient (Wildman–Crippen LogP) is 2.73. The summed E-state index contributed by atoms with van der Waals surface area (Å²) in [5.41, 5.74) is 7.43. The molecule has 0 bridgehead atoms. The SMILES string of the molecule is CON(C)Cc1ccc(-c2nc3cc(F)cc(C(N)=O)c3o2)cc1. The van der Waals surface area contributed by atoms with Crippen LogP contribution in [0.2, 0.25) is 0 Å². The van der Waals surface area contributed by atoms with Crippen LogP contribution in [0.4, 0.5) is 4.39 Å². The first-order valence-electron chi connectivity index (χ1n) is 7.22. The lowest BCUT2D eigenvalue weighted by atomic mass is 10.1. The smallest absolute Gasteiger partial charge is 0.252 e. The van der Waals surface area contributed by atoms with Gasteiger partial charge >= 0.3 is 0 Å². The topological polar surface area (TPSA) is 81.6 Å². The lowest BCUT2D eigenvalue weighted by Gasteiger charge is -2.13. The predicted molar refractivity (Wildman–Crippen MR) is 86.4 cm³/mol. The summed E-state index contributed by atoms with van der Waals surface area (Å²) in [4.78, 5) is 20.8. The van der Waals surface area contributed by atoms with Crippen molar-refractivity contribution in [3.8, 4) is 11.5 Å². The highest BCUT2D eigenvalue weighted by Gasteiger charge is 2.16. The van der Waals surface area contributed by atoms with E-state index >= 15 is 0 Å². The molecule has 3 rings (SSSR count). The molecule has 2 aromatic carbocycles. The molecule has 0 aliphatic carbocycles. The Morgan fingerprint density at radius 3 is 2.67 bits per heavy atom. The molecule has 3 aromatic rings. The Kier molecular flexibility index (Phi) is 4.28. The molecule has 24 heavy (non-hydrogen) atoms. The molecule has 124 valence electrons. The molecule has 0 fully saturated rings. The van der Waals surface area contributed by atoms with Gasteiger partial charge < -0.3 is 15.0 Å². The second-order valence-electron chi connectivity index (χ2n) is 5.35. The number of nitrogens with zero attached hydrogens (tertiary/aromatic N) is 2. The first kappa shape index (κ1) is 16.1. The van der Waals surface area contributed by atoms with Crippen LogP contribution in [0.25, 0.3) is 22.6 Å². The standard InChI is InChI=1S/C17H16FN3O3/c1-21(23-2)9-10-3-5-11(6-4-10)17-20-14-8-12(18)7-13(16(19)22)15(14)24-17/h3-8H,9H2,1-2H3,(H2,19,22). The van der Waals surface area contributed by atoms with Crippen molar-refractivity contribution >= 4 is 17.0 Å². The van der Waals surface area contributed by atoms with E-state index < -0.39 is 11.7 Å². The van der Waals surface area contributed by atoms with E-state index in [0.29, 0.717) is 18.0 Å². The highest BCUT2D eigenvalue weighted by molar-refractivity contribution is 6.03. The van der Waals surface area contributed by atoms with E-state index in [1.165, 1.54) is 6.07 Å². The van der Waals surface area contributed by atoms with Gasteiger partial charge in [-0.1, -0.05) is 12.1 Å². The second kappa shape index (κ2) is 6.38. The fourth-order valence-electron chi connectivity index (χ4n) is 2.38. The van der Waals surface area contributed by atoms with E-state index in [0.717, 1.165) is 11.6 Å². The van der Waals surface area contributed by atoms with Crippen molar-refractivity contribution < 1.29 is 18.4 Å². The largest absolute Gasteiger partial charge is 0.435 e. The van der Waals surface area contributed by atoms with Crippen LogP contribution in [0.1, 0.15) is 15.9 Å². The van der Waals surface area contributed by atoms with Gasteiger partial charge in [0.15, 0.2) is 5.58 Å². The van der Waals surface area contributed by atoms with E-state index in [4.69, 9.17) is 15.0 Å². The molecule has 1 heterocycles. The maximum atomic E-state index is 13.6. The maximum Gasteiger partial charge on any atom is 0.252 e. The van der Waals surface area contributed by atoms with Crippen molar-refractivity contribution in [1.29, 1.82) is 0 Å². The third kappa shape index (κ3) is 3.12. The van der Waals surface area contributed by atoms with Crippen molar-refractivity contribution in [2.24, 2.45) is 5.73 Å². The van der Waals surface area contributed by atoms with Gasteiger partial charge in [-0.15, -0.1) is 0 Å². The average molecular weight is 329 g/mol. The van der Waals surface area contributed by atoms with Crippen LogP contribution in [-0.4, -0.2) is 30.1 Å². The fourth-order valence-corrected chi connectivity index (χ4v) is 2.38. The highest BCUT2D eigenvalue weighted by atomic mass is 19.1. The Labute approximate surface area is 137 Å².